The summed E-state index contributed by atoms with van der Waals surface area (Å²) in [5, 5.41) is 5.03. The summed E-state index contributed by atoms with van der Waals surface area (Å²) in [4.78, 5) is 15.9. The lowest BCUT2D eigenvalue weighted by atomic mass is 10.1. The number of primary amides is 1. The summed E-state index contributed by atoms with van der Waals surface area (Å²) in [6.07, 6.45) is 3.23. The summed E-state index contributed by atoms with van der Waals surface area (Å²) in [6.45, 7) is 1.85. The number of aromatic nitrogens is 3. The Morgan fingerprint density at radius 2 is 2.05 bits per heavy atom. The van der Waals surface area contributed by atoms with Crippen molar-refractivity contribution in [1.29, 1.82) is 0 Å². The number of nitrogens with zero attached hydrogens (tertiary/aromatic N) is 3. The van der Waals surface area contributed by atoms with Crippen LogP contribution in [-0.4, -0.2) is 20.7 Å². The van der Waals surface area contributed by atoms with Crippen LogP contribution in [0.1, 0.15) is 15.9 Å². The number of aryl methyl sites for hydroxylation is 1. The lowest BCUT2D eigenvalue weighted by Gasteiger charge is -2.10. The summed E-state index contributed by atoms with van der Waals surface area (Å²) in [7, 11) is 0. The highest BCUT2D eigenvalue weighted by Gasteiger charge is 2.16. The number of anilines is 1. The van der Waals surface area contributed by atoms with Gasteiger partial charge in [0.15, 0.2) is 0 Å². The molecule has 0 aliphatic heterocycles. The Labute approximate surface area is 115 Å². The summed E-state index contributed by atoms with van der Waals surface area (Å²) in [5.41, 5.74) is 13.7. The van der Waals surface area contributed by atoms with Gasteiger partial charge in [-0.15, -0.1) is 0 Å². The van der Waals surface area contributed by atoms with Gasteiger partial charge in [-0.1, -0.05) is 18.2 Å². The molecule has 0 saturated carbocycles. The van der Waals surface area contributed by atoms with Gasteiger partial charge in [0.1, 0.15) is 5.82 Å². The molecule has 0 aliphatic carbocycles. The summed E-state index contributed by atoms with van der Waals surface area (Å²) >= 11 is 0. The van der Waals surface area contributed by atoms with Crippen LogP contribution in [0.3, 0.4) is 0 Å². The van der Waals surface area contributed by atoms with Crippen LogP contribution in [0.2, 0.25) is 0 Å². The maximum Gasteiger partial charge on any atom is 0.252 e. The highest BCUT2D eigenvalue weighted by atomic mass is 16.1. The van der Waals surface area contributed by atoms with Crippen LogP contribution in [0.15, 0.2) is 36.7 Å². The van der Waals surface area contributed by atoms with Crippen LogP contribution in [0, 0.1) is 6.92 Å². The van der Waals surface area contributed by atoms with Crippen LogP contribution in [0.25, 0.3) is 16.6 Å². The molecule has 20 heavy (non-hydrogen) atoms. The van der Waals surface area contributed by atoms with E-state index in [2.05, 4.69) is 10.1 Å². The number of carbonyl (C=O) groups is 1. The number of rotatable bonds is 2. The average molecular weight is 267 g/mol. The third-order valence-electron chi connectivity index (χ3n) is 3.18. The van der Waals surface area contributed by atoms with Gasteiger partial charge in [0.05, 0.1) is 16.8 Å². The van der Waals surface area contributed by atoms with Gasteiger partial charge in [0, 0.05) is 23.3 Å². The van der Waals surface area contributed by atoms with Gasteiger partial charge >= 0.3 is 0 Å². The monoisotopic (exact) mass is 267 g/mol. The second-order valence-corrected chi connectivity index (χ2v) is 4.54. The number of benzene rings is 1. The molecular formula is C14H13N5O. The first kappa shape index (κ1) is 12.2. The summed E-state index contributed by atoms with van der Waals surface area (Å²) < 4.78 is 1.58. The molecule has 0 unspecified atom stereocenters. The lowest BCUT2D eigenvalue weighted by molar-refractivity contribution is 0.1000. The van der Waals surface area contributed by atoms with E-state index >= 15 is 0 Å². The molecule has 0 saturated heterocycles. The van der Waals surface area contributed by atoms with E-state index in [9.17, 15) is 4.79 Å². The molecule has 2 heterocycles. The SMILES string of the molecule is Cc1cn(-c2c(C(N)=O)cnc3ccccc23)nc1N. The highest BCUT2D eigenvalue weighted by molar-refractivity contribution is 6.03. The van der Waals surface area contributed by atoms with E-state index in [0.717, 1.165) is 16.5 Å². The molecule has 2 aromatic heterocycles. The minimum absolute atomic E-state index is 0.311. The second-order valence-electron chi connectivity index (χ2n) is 4.54. The Bertz CT molecular complexity index is 802. The fraction of sp³-hybridized carbons (Fsp3) is 0.0714. The van der Waals surface area contributed by atoms with Crippen molar-refractivity contribution in [2.24, 2.45) is 5.73 Å². The molecule has 0 aliphatic rings. The van der Waals surface area contributed by atoms with E-state index in [0.29, 0.717) is 17.1 Å². The molecule has 0 atom stereocenters. The number of hydrogen-bond acceptors (Lipinski definition) is 4. The van der Waals surface area contributed by atoms with Crippen LogP contribution >= 0.6 is 0 Å². The molecule has 3 rings (SSSR count). The first-order valence-electron chi connectivity index (χ1n) is 6.07. The maximum atomic E-state index is 11.6. The van der Waals surface area contributed by atoms with E-state index < -0.39 is 5.91 Å². The lowest BCUT2D eigenvalue weighted by Crippen LogP contribution is -2.16. The number of nitrogens with two attached hydrogens (primary N) is 2. The minimum Gasteiger partial charge on any atom is -0.382 e. The normalized spacial score (nSPS) is 10.8. The first-order valence-corrected chi connectivity index (χ1v) is 6.07. The average Bonchev–Trinajstić information content (AvgIpc) is 2.77. The second kappa shape index (κ2) is 4.34. The molecule has 0 bridgehead atoms. The number of nitrogen functional groups attached to an aromatic ring is 1. The van der Waals surface area contributed by atoms with Crippen molar-refractivity contribution in [3.63, 3.8) is 0 Å². The molecule has 100 valence electrons. The van der Waals surface area contributed by atoms with E-state index in [-0.39, 0.29) is 0 Å². The minimum atomic E-state index is -0.551. The largest absolute Gasteiger partial charge is 0.382 e. The third kappa shape index (κ3) is 1.78. The van der Waals surface area contributed by atoms with E-state index in [1.54, 1.807) is 10.9 Å². The van der Waals surface area contributed by atoms with E-state index in [1.807, 2.05) is 31.2 Å². The zero-order valence-electron chi connectivity index (χ0n) is 10.9. The van der Waals surface area contributed by atoms with Gasteiger partial charge in [-0.3, -0.25) is 9.78 Å². The maximum absolute atomic E-state index is 11.6. The number of amides is 1. The van der Waals surface area contributed by atoms with Crippen molar-refractivity contribution >= 4 is 22.6 Å². The topological polar surface area (TPSA) is 99.8 Å². The zero-order valence-corrected chi connectivity index (χ0v) is 10.9. The Kier molecular flexibility index (Phi) is 2.64. The van der Waals surface area contributed by atoms with E-state index in [1.165, 1.54) is 6.20 Å². The highest BCUT2D eigenvalue weighted by Crippen LogP contribution is 2.25. The Balaban J connectivity index is 2.41. The van der Waals surface area contributed by atoms with Crippen molar-refractivity contribution in [3.05, 3.63) is 47.8 Å². The zero-order chi connectivity index (χ0) is 14.3. The molecular weight excluding hydrogens is 254 g/mol. The van der Waals surface area contributed by atoms with Gasteiger partial charge < -0.3 is 11.5 Å². The first-order chi connectivity index (χ1) is 9.58. The summed E-state index contributed by atoms with van der Waals surface area (Å²) in [5.74, 6) is -0.133. The van der Waals surface area contributed by atoms with Crippen molar-refractivity contribution in [2.45, 2.75) is 6.92 Å². The molecule has 0 spiro atoms. The van der Waals surface area contributed by atoms with Crippen LogP contribution < -0.4 is 11.5 Å². The fourth-order valence-electron chi connectivity index (χ4n) is 2.14. The molecule has 3 aromatic rings. The number of carbonyl (C=O) groups excluding carboxylic acids is 1. The summed E-state index contributed by atoms with van der Waals surface area (Å²) in [6, 6.07) is 7.49. The Hall–Kier alpha value is -2.89. The van der Waals surface area contributed by atoms with Crippen molar-refractivity contribution < 1.29 is 4.79 Å². The van der Waals surface area contributed by atoms with Gasteiger partial charge in [0.2, 0.25) is 0 Å². The van der Waals surface area contributed by atoms with Crippen molar-refractivity contribution in [2.75, 3.05) is 5.73 Å². The number of pyridine rings is 1. The van der Waals surface area contributed by atoms with E-state index in [4.69, 9.17) is 11.5 Å². The quantitative estimate of drug-likeness (QED) is 0.733. The Morgan fingerprint density at radius 3 is 2.70 bits per heavy atom. The van der Waals surface area contributed by atoms with Gasteiger partial charge in [-0.25, -0.2) is 4.68 Å². The standard InChI is InChI=1S/C14H13N5O/c1-8-7-19(18-13(8)15)12-9-4-2-3-5-11(9)17-6-10(12)14(16)20/h2-7H,1H3,(H2,15,18)(H2,16,20). The van der Waals surface area contributed by atoms with Gasteiger partial charge in [-0.2, -0.15) is 5.10 Å². The number of fused-ring (bicyclic) bond motifs is 1. The van der Waals surface area contributed by atoms with Crippen molar-refractivity contribution in [1.82, 2.24) is 14.8 Å². The van der Waals surface area contributed by atoms with Crippen LogP contribution in [0.5, 0.6) is 0 Å². The molecule has 1 aromatic carbocycles. The predicted molar refractivity (Wildman–Crippen MR) is 76.5 cm³/mol. The Morgan fingerprint density at radius 1 is 1.30 bits per heavy atom. The number of hydrogen-bond donors (Lipinski definition) is 2. The molecule has 6 heteroatoms. The smallest absolute Gasteiger partial charge is 0.252 e. The molecule has 1 amide bonds. The third-order valence-corrected chi connectivity index (χ3v) is 3.18. The fourth-order valence-corrected chi connectivity index (χ4v) is 2.14. The van der Waals surface area contributed by atoms with Crippen LogP contribution in [-0.2, 0) is 0 Å². The number of para-hydroxylation sites is 1. The van der Waals surface area contributed by atoms with Gasteiger partial charge in [-0.05, 0) is 13.0 Å². The van der Waals surface area contributed by atoms with Crippen molar-refractivity contribution in [3.8, 4) is 5.69 Å². The van der Waals surface area contributed by atoms with Crippen LogP contribution in [0.4, 0.5) is 5.82 Å². The predicted octanol–water partition coefficient (Wildman–Crippen LogP) is 1.41. The molecule has 4 N–H and O–H groups in total. The molecule has 0 fully saturated rings. The van der Waals surface area contributed by atoms with Gasteiger partial charge in [0.25, 0.3) is 5.91 Å². The molecule has 6 nitrogen and oxygen atoms in total. The molecule has 0 radical (unpaired) electrons.